The zero-order chi connectivity index (χ0) is 12.0. The van der Waals surface area contributed by atoms with Gasteiger partial charge in [-0.25, -0.2) is 0 Å². The number of nitrogens with one attached hydrogen (secondary N) is 1. The van der Waals surface area contributed by atoms with Crippen molar-refractivity contribution in [1.29, 1.82) is 0 Å². The average molecular weight is 223 g/mol. The van der Waals surface area contributed by atoms with E-state index in [4.69, 9.17) is 0 Å². The van der Waals surface area contributed by atoms with E-state index in [0.29, 0.717) is 6.04 Å². The minimum atomic E-state index is 0.564. The van der Waals surface area contributed by atoms with Crippen molar-refractivity contribution in [1.82, 2.24) is 9.78 Å². The molecule has 92 valence electrons. The van der Waals surface area contributed by atoms with Crippen LogP contribution in [0.5, 0.6) is 0 Å². The van der Waals surface area contributed by atoms with E-state index in [1.165, 1.54) is 19.3 Å². The van der Waals surface area contributed by atoms with Crippen LogP contribution in [-0.4, -0.2) is 15.8 Å². The molecule has 0 aliphatic heterocycles. The maximum absolute atomic E-state index is 4.28. The van der Waals surface area contributed by atoms with Crippen LogP contribution in [0.15, 0.2) is 12.4 Å². The van der Waals surface area contributed by atoms with E-state index in [2.05, 4.69) is 44.3 Å². The van der Waals surface area contributed by atoms with Gasteiger partial charge in [-0.3, -0.25) is 4.68 Å². The van der Waals surface area contributed by atoms with Crippen molar-refractivity contribution in [3.63, 3.8) is 0 Å². The Labute approximate surface area is 99.2 Å². The first-order valence-electron chi connectivity index (χ1n) is 6.50. The summed E-state index contributed by atoms with van der Waals surface area (Å²) < 4.78 is 1.96. The lowest BCUT2D eigenvalue weighted by Gasteiger charge is -2.23. The van der Waals surface area contributed by atoms with Crippen LogP contribution in [0.25, 0.3) is 0 Å². The molecule has 0 bridgehead atoms. The number of hydrogen-bond donors (Lipinski definition) is 1. The van der Waals surface area contributed by atoms with Crippen molar-refractivity contribution < 1.29 is 0 Å². The van der Waals surface area contributed by atoms with E-state index in [1.807, 2.05) is 10.9 Å². The summed E-state index contributed by atoms with van der Waals surface area (Å²) in [5, 5.41) is 7.87. The monoisotopic (exact) mass is 223 g/mol. The Kier molecular flexibility index (Phi) is 5.36. The number of anilines is 1. The number of nitrogens with zero attached hydrogens (tertiary/aromatic N) is 2. The maximum atomic E-state index is 4.28. The second kappa shape index (κ2) is 6.56. The summed E-state index contributed by atoms with van der Waals surface area (Å²) in [4.78, 5) is 0. The minimum Gasteiger partial charge on any atom is -0.380 e. The highest BCUT2D eigenvalue weighted by Crippen LogP contribution is 2.18. The van der Waals surface area contributed by atoms with Gasteiger partial charge in [0.05, 0.1) is 11.9 Å². The lowest BCUT2D eigenvalue weighted by molar-refractivity contribution is 0.436. The first kappa shape index (κ1) is 13.1. The molecule has 0 amide bonds. The third-order valence-corrected chi connectivity index (χ3v) is 3.18. The van der Waals surface area contributed by atoms with Crippen LogP contribution in [0.1, 0.15) is 47.0 Å². The van der Waals surface area contributed by atoms with Crippen molar-refractivity contribution in [3.8, 4) is 0 Å². The molecule has 2 unspecified atom stereocenters. The second-order valence-corrected chi connectivity index (χ2v) is 4.51. The zero-order valence-electron chi connectivity index (χ0n) is 11.0. The molecule has 1 aromatic heterocycles. The molecule has 3 heteroatoms. The van der Waals surface area contributed by atoms with Crippen molar-refractivity contribution in [2.24, 2.45) is 5.92 Å². The molecule has 0 saturated carbocycles. The van der Waals surface area contributed by atoms with Gasteiger partial charge in [0.2, 0.25) is 0 Å². The van der Waals surface area contributed by atoms with Gasteiger partial charge in [-0.1, -0.05) is 27.2 Å². The fraction of sp³-hybridized carbons (Fsp3) is 0.769. The molecule has 0 aromatic carbocycles. The quantitative estimate of drug-likeness (QED) is 0.766. The van der Waals surface area contributed by atoms with Crippen LogP contribution < -0.4 is 5.32 Å². The van der Waals surface area contributed by atoms with E-state index in [0.717, 1.165) is 18.2 Å². The SMILES string of the molecule is CCCC(C)C(CC)Nc1cnn(CC)c1. The van der Waals surface area contributed by atoms with Crippen LogP contribution in [0.3, 0.4) is 0 Å². The van der Waals surface area contributed by atoms with Gasteiger partial charge < -0.3 is 5.32 Å². The molecule has 0 spiro atoms. The molecular formula is C13H25N3. The molecule has 0 radical (unpaired) electrons. The van der Waals surface area contributed by atoms with Crippen LogP contribution in [0.4, 0.5) is 5.69 Å². The highest BCUT2D eigenvalue weighted by molar-refractivity contribution is 5.39. The highest BCUT2D eigenvalue weighted by atomic mass is 15.3. The van der Waals surface area contributed by atoms with E-state index in [-0.39, 0.29) is 0 Å². The number of hydrogen-bond acceptors (Lipinski definition) is 2. The smallest absolute Gasteiger partial charge is 0.0728 e. The van der Waals surface area contributed by atoms with Crippen molar-refractivity contribution in [3.05, 3.63) is 12.4 Å². The molecule has 0 aliphatic rings. The summed E-state index contributed by atoms with van der Waals surface area (Å²) in [5.41, 5.74) is 1.15. The molecule has 1 heterocycles. The van der Waals surface area contributed by atoms with E-state index in [9.17, 15) is 0 Å². The molecular weight excluding hydrogens is 198 g/mol. The standard InChI is InChI=1S/C13H25N3/c1-5-8-11(4)13(6-2)15-12-9-14-16(7-3)10-12/h9-11,13,15H,5-8H2,1-4H3. The molecule has 1 rings (SSSR count). The molecule has 16 heavy (non-hydrogen) atoms. The van der Waals surface area contributed by atoms with Gasteiger partial charge in [-0.05, 0) is 25.7 Å². The lowest BCUT2D eigenvalue weighted by Crippen LogP contribution is -2.26. The largest absolute Gasteiger partial charge is 0.380 e. The Morgan fingerprint density at radius 1 is 1.38 bits per heavy atom. The molecule has 1 N–H and O–H groups in total. The molecule has 0 aliphatic carbocycles. The van der Waals surface area contributed by atoms with E-state index < -0.39 is 0 Å². The van der Waals surface area contributed by atoms with Crippen LogP contribution in [-0.2, 0) is 6.54 Å². The summed E-state index contributed by atoms with van der Waals surface area (Å²) in [6, 6.07) is 0.564. The lowest BCUT2D eigenvalue weighted by atomic mass is 9.95. The number of rotatable bonds is 7. The van der Waals surface area contributed by atoms with Gasteiger partial charge in [-0.15, -0.1) is 0 Å². The molecule has 0 saturated heterocycles. The predicted molar refractivity (Wildman–Crippen MR) is 69.7 cm³/mol. The summed E-state index contributed by atoms with van der Waals surface area (Å²) in [7, 11) is 0. The summed E-state index contributed by atoms with van der Waals surface area (Å²) in [6.07, 6.45) is 7.71. The van der Waals surface area contributed by atoms with Crippen LogP contribution in [0.2, 0.25) is 0 Å². The fourth-order valence-corrected chi connectivity index (χ4v) is 2.13. The Hall–Kier alpha value is -0.990. The summed E-state index contributed by atoms with van der Waals surface area (Å²) in [5.74, 6) is 0.722. The Balaban J connectivity index is 2.55. The normalized spacial score (nSPS) is 14.8. The second-order valence-electron chi connectivity index (χ2n) is 4.51. The molecule has 2 atom stereocenters. The molecule has 3 nitrogen and oxygen atoms in total. The van der Waals surface area contributed by atoms with Gasteiger partial charge in [0.1, 0.15) is 0 Å². The van der Waals surface area contributed by atoms with Gasteiger partial charge in [0.15, 0.2) is 0 Å². The number of aryl methyl sites for hydroxylation is 1. The fourth-order valence-electron chi connectivity index (χ4n) is 2.13. The number of aromatic nitrogens is 2. The van der Waals surface area contributed by atoms with Gasteiger partial charge in [-0.2, -0.15) is 5.10 Å². The Morgan fingerprint density at radius 2 is 2.12 bits per heavy atom. The van der Waals surface area contributed by atoms with Crippen molar-refractivity contribution >= 4 is 5.69 Å². The molecule has 0 fully saturated rings. The topological polar surface area (TPSA) is 29.9 Å². The van der Waals surface area contributed by atoms with Gasteiger partial charge in [0, 0.05) is 18.8 Å². The predicted octanol–water partition coefficient (Wildman–Crippen LogP) is 3.53. The third kappa shape index (κ3) is 3.54. The Bertz CT molecular complexity index is 293. The molecule has 1 aromatic rings. The van der Waals surface area contributed by atoms with Gasteiger partial charge in [0.25, 0.3) is 0 Å². The minimum absolute atomic E-state index is 0.564. The summed E-state index contributed by atoms with van der Waals surface area (Å²) in [6.45, 7) is 9.86. The van der Waals surface area contributed by atoms with Crippen molar-refractivity contribution in [2.75, 3.05) is 5.32 Å². The Morgan fingerprint density at radius 3 is 2.62 bits per heavy atom. The first-order chi connectivity index (χ1) is 7.71. The first-order valence-corrected chi connectivity index (χ1v) is 6.50. The van der Waals surface area contributed by atoms with Gasteiger partial charge >= 0.3 is 0 Å². The average Bonchev–Trinajstić information content (AvgIpc) is 2.73. The van der Waals surface area contributed by atoms with E-state index >= 15 is 0 Å². The summed E-state index contributed by atoms with van der Waals surface area (Å²) >= 11 is 0. The van der Waals surface area contributed by atoms with E-state index in [1.54, 1.807) is 0 Å². The zero-order valence-corrected chi connectivity index (χ0v) is 11.0. The highest BCUT2D eigenvalue weighted by Gasteiger charge is 2.14. The van der Waals surface area contributed by atoms with Crippen LogP contribution in [0, 0.1) is 5.92 Å². The third-order valence-electron chi connectivity index (χ3n) is 3.18. The maximum Gasteiger partial charge on any atom is 0.0728 e. The van der Waals surface area contributed by atoms with Crippen LogP contribution >= 0.6 is 0 Å². The van der Waals surface area contributed by atoms with Crippen molar-refractivity contribution in [2.45, 2.75) is 59.5 Å².